The van der Waals surface area contributed by atoms with Gasteiger partial charge in [-0.2, -0.15) is 0 Å². The van der Waals surface area contributed by atoms with Crippen LogP contribution in [0.4, 0.5) is 0 Å². The molecule has 0 aliphatic rings. The van der Waals surface area contributed by atoms with Crippen LogP contribution in [-0.2, 0) is 20.8 Å². The van der Waals surface area contributed by atoms with E-state index in [1.54, 1.807) is 38.3 Å². The first kappa shape index (κ1) is 26.9. The van der Waals surface area contributed by atoms with Crippen LogP contribution in [-0.4, -0.2) is 35.5 Å². The SMILES string of the molecule is CCC(C)C(NC(=O)CNC(=O)Cc1c(C)c2cc3c(-c4ccc(Cl)cc4)coc3cc2oc1=O)C(=O)O. The van der Waals surface area contributed by atoms with E-state index in [1.165, 1.54) is 0 Å². The first-order valence-electron chi connectivity index (χ1n) is 12.1. The van der Waals surface area contributed by atoms with Gasteiger partial charge in [-0.05, 0) is 42.2 Å². The highest BCUT2D eigenvalue weighted by atomic mass is 35.5. The largest absolute Gasteiger partial charge is 0.480 e. The van der Waals surface area contributed by atoms with Crippen molar-refractivity contribution in [3.63, 3.8) is 0 Å². The first-order chi connectivity index (χ1) is 18.1. The molecule has 0 radical (unpaired) electrons. The lowest BCUT2D eigenvalue weighted by Crippen LogP contribution is -2.48. The number of aliphatic carboxylic acids is 1. The number of nitrogens with one attached hydrogen (secondary N) is 2. The van der Waals surface area contributed by atoms with Crippen LogP contribution < -0.4 is 16.3 Å². The van der Waals surface area contributed by atoms with E-state index in [4.69, 9.17) is 20.4 Å². The molecule has 9 nitrogen and oxygen atoms in total. The van der Waals surface area contributed by atoms with E-state index >= 15 is 0 Å². The topological polar surface area (TPSA) is 139 Å². The summed E-state index contributed by atoms with van der Waals surface area (Å²) in [5, 5.41) is 16.3. The predicted molar refractivity (Wildman–Crippen MR) is 143 cm³/mol. The van der Waals surface area contributed by atoms with E-state index in [-0.39, 0.29) is 17.9 Å². The summed E-state index contributed by atoms with van der Waals surface area (Å²) in [6, 6.07) is 9.75. The number of amides is 2. The number of carbonyl (C=O) groups excluding carboxylic acids is 2. The zero-order valence-electron chi connectivity index (χ0n) is 21.1. The molecule has 38 heavy (non-hydrogen) atoms. The first-order valence-corrected chi connectivity index (χ1v) is 12.5. The number of benzene rings is 2. The summed E-state index contributed by atoms with van der Waals surface area (Å²) in [6.45, 7) is 4.85. The normalized spacial score (nSPS) is 12.8. The van der Waals surface area contributed by atoms with Crippen molar-refractivity contribution in [2.45, 2.75) is 39.7 Å². The van der Waals surface area contributed by atoms with Crippen molar-refractivity contribution < 1.29 is 28.3 Å². The van der Waals surface area contributed by atoms with E-state index in [0.717, 1.165) is 16.5 Å². The van der Waals surface area contributed by atoms with E-state index < -0.39 is 36.0 Å². The Balaban J connectivity index is 1.55. The van der Waals surface area contributed by atoms with Crippen LogP contribution in [0.25, 0.3) is 33.1 Å². The van der Waals surface area contributed by atoms with Crippen molar-refractivity contribution in [2.75, 3.05) is 6.54 Å². The van der Waals surface area contributed by atoms with Gasteiger partial charge in [0.1, 0.15) is 17.2 Å². The number of furan rings is 1. The van der Waals surface area contributed by atoms with Gasteiger partial charge < -0.3 is 24.6 Å². The molecule has 4 aromatic rings. The van der Waals surface area contributed by atoms with Gasteiger partial charge in [-0.15, -0.1) is 0 Å². The Bertz CT molecular complexity index is 1590. The highest BCUT2D eigenvalue weighted by Crippen LogP contribution is 2.35. The maximum absolute atomic E-state index is 12.7. The van der Waals surface area contributed by atoms with Crippen molar-refractivity contribution >= 4 is 51.3 Å². The third-order valence-electron chi connectivity index (χ3n) is 6.72. The fourth-order valence-electron chi connectivity index (χ4n) is 4.28. The summed E-state index contributed by atoms with van der Waals surface area (Å²) in [4.78, 5) is 49.0. The Morgan fingerprint density at radius 1 is 1.05 bits per heavy atom. The Morgan fingerprint density at radius 3 is 2.42 bits per heavy atom. The van der Waals surface area contributed by atoms with E-state index in [2.05, 4.69) is 10.6 Å². The lowest BCUT2D eigenvalue weighted by molar-refractivity contribution is -0.143. The zero-order valence-corrected chi connectivity index (χ0v) is 21.8. The van der Waals surface area contributed by atoms with E-state index in [9.17, 15) is 24.3 Å². The molecule has 2 heterocycles. The number of hydrogen-bond donors (Lipinski definition) is 3. The maximum Gasteiger partial charge on any atom is 0.340 e. The van der Waals surface area contributed by atoms with Crippen LogP contribution in [0.15, 0.2) is 56.3 Å². The summed E-state index contributed by atoms with van der Waals surface area (Å²) in [5.74, 6) is -2.63. The van der Waals surface area contributed by atoms with Crippen molar-refractivity contribution in [3.8, 4) is 11.1 Å². The minimum absolute atomic E-state index is 0.161. The molecule has 2 aromatic heterocycles. The third-order valence-corrected chi connectivity index (χ3v) is 6.97. The van der Waals surface area contributed by atoms with Crippen molar-refractivity contribution in [1.29, 1.82) is 0 Å². The third kappa shape index (κ3) is 5.57. The van der Waals surface area contributed by atoms with Crippen LogP contribution in [0.2, 0.25) is 5.02 Å². The highest BCUT2D eigenvalue weighted by Gasteiger charge is 2.25. The second kappa shape index (κ2) is 11.1. The van der Waals surface area contributed by atoms with Gasteiger partial charge in [-0.25, -0.2) is 9.59 Å². The average molecular weight is 539 g/mol. The number of carboxylic acids is 1. The number of rotatable bonds is 9. The molecule has 4 rings (SSSR count). The maximum atomic E-state index is 12.7. The summed E-state index contributed by atoms with van der Waals surface area (Å²) in [7, 11) is 0. The fourth-order valence-corrected chi connectivity index (χ4v) is 4.40. The molecule has 2 unspecified atom stereocenters. The zero-order chi connectivity index (χ0) is 27.6. The second-order valence-corrected chi connectivity index (χ2v) is 9.65. The van der Waals surface area contributed by atoms with Crippen molar-refractivity contribution in [3.05, 3.63) is 69.2 Å². The van der Waals surface area contributed by atoms with Crippen LogP contribution in [0.1, 0.15) is 31.4 Å². The monoisotopic (exact) mass is 538 g/mol. The molecule has 3 N–H and O–H groups in total. The fraction of sp³-hybridized carbons (Fsp3) is 0.286. The van der Waals surface area contributed by atoms with Gasteiger partial charge in [0.15, 0.2) is 0 Å². The number of carbonyl (C=O) groups is 3. The Labute approximate surface area is 222 Å². The molecular formula is C28H27ClN2O7. The van der Waals surface area contributed by atoms with Crippen LogP contribution >= 0.6 is 11.6 Å². The van der Waals surface area contributed by atoms with Gasteiger partial charge in [-0.3, -0.25) is 9.59 Å². The van der Waals surface area contributed by atoms with Crippen molar-refractivity contribution in [2.24, 2.45) is 5.92 Å². The molecule has 10 heteroatoms. The molecule has 0 bridgehead atoms. The molecule has 2 amide bonds. The van der Waals surface area contributed by atoms with Gasteiger partial charge in [0.2, 0.25) is 11.8 Å². The summed E-state index contributed by atoms with van der Waals surface area (Å²) < 4.78 is 11.2. The number of fused-ring (bicyclic) bond motifs is 2. The molecule has 0 fully saturated rings. The highest BCUT2D eigenvalue weighted by molar-refractivity contribution is 6.30. The van der Waals surface area contributed by atoms with Gasteiger partial charge in [0.25, 0.3) is 0 Å². The summed E-state index contributed by atoms with van der Waals surface area (Å²) in [5.41, 5.74) is 2.67. The Hall–Kier alpha value is -4.11. The predicted octanol–water partition coefficient (Wildman–Crippen LogP) is 4.44. The number of halogens is 1. The van der Waals surface area contributed by atoms with Gasteiger partial charge in [0.05, 0.1) is 24.8 Å². The smallest absolute Gasteiger partial charge is 0.340 e. The molecule has 2 aromatic carbocycles. The van der Waals surface area contributed by atoms with Crippen LogP contribution in [0.5, 0.6) is 0 Å². The standard InChI is InChI=1S/C28H27ClN2O7/c1-4-14(2)26(27(34)35)31-25(33)12-30-24(32)10-19-15(3)18-9-20-21(16-5-7-17(29)8-6-16)13-37-22(20)11-23(18)38-28(19)36/h5-9,11,13-14,26H,4,10,12H2,1-3H3,(H,30,32)(H,31,33)(H,34,35). The van der Waals surface area contributed by atoms with E-state index in [0.29, 0.717) is 33.6 Å². The molecule has 0 aliphatic carbocycles. The summed E-state index contributed by atoms with van der Waals surface area (Å²) in [6.07, 6.45) is 1.88. The molecule has 2 atom stereocenters. The molecule has 198 valence electrons. The van der Waals surface area contributed by atoms with Crippen LogP contribution in [0, 0.1) is 12.8 Å². The lowest BCUT2D eigenvalue weighted by Gasteiger charge is -2.20. The lowest BCUT2D eigenvalue weighted by atomic mass is 9.99. The minimum Gasteiger partial charge on any atom is -0.480 e. The number of carboxylic acid groups (broad SMARTS) is 1. The van der Waals surface area contributed by atoms with Gasteiger partial charge in [-0.1, -0.05) is 44.0 Å². The molecule has 0 aliphatic heterocycles. The molecule has 0 saturated heterocycles. The molecular weight excluding hydrogens is 512 g/mol. The Morgan fingerprint density at radius 2 is 1.76 bits per heavy atom. The quantitative estimate of drug-likeness (QED) is 0.268. The molecule has 0 saturated carbocycles. The number of aryl methyl sites for hydroxylation is 1. The molecule has 0 spiro atoms. The number of hydrogen-bond acceptors (Lipinski definition) is 6. The Kier molecular flexibility index (Phi) is 7.87. The average Bonchev–Trinajstić information content (AvgIpc) is 3.30. The second-order valence-electron chi connectivity index (χ2n) is 9.22. The van der Waals surface area contributed by atoms with Crippen molar-refractivity contribution in [1.82, 2.24) is 10.6 Å². The van der Waals surface area contributed by atoms with Crippen LogP contribution in [0.3, 0.4) is 0 Å². The minimum atomic E-state index is -1.14. The van der Waals surface area contributed by atoms with E-state index in [1.807, 2.05) is 25.1 Å². The van der Waals surface area contributed by atoms with Gasteiger partial charge in [0, 0.05) is 27.4 Å². The van der Waals surface area contributed by atoms with Gasteiger partial charge >= 0.3 is 11.6 Å². The summed E-state index contributed by atoms with van der Waals surface area (Å²) >= 11 is 6.01.